The van der Waals surface area contributed by atoms with E-state index in [1.54, 1.807) is 23.5 Å². The maximum absolute atomic E-state index is 12.3. The summed E-state index contributed by atoms with van der Waals surface area (Å²) in [5, 5.41) is 4.00. The van der Waals surface area contributed by atoms with Crippen molar-refractivity contribution in [1.82, 2.24) is 20.3 Å². The second kappa shape index (κ2) is 6.65. The van der Waals surface area contributed by atoms with Gasteiger partial charge in [-0.3, -0.25) is 4.79 Å². The van der Waals surface area contributed by atoms with E-state index in [-0.39, 0.29) is 5.91 Å². The van der Waals surface area contributed by atoms with Crippen molar-refractivity contribution in [2.75, 3.05) is 6.54 Å². The van der Waals surface area contributed by atoms with Gasteiger partial charge >= 0.3 is 0 Å². The highest BCUT2D eigenvalue weighted by molar-refractivity contribution is 7.11. The first-order valence-electron chi connectivity index (χ1n) is 7.90. The normalized spacial score (nSPS) is 11.0. The van der Waals surface area contributed by atoms with E-state index in [9.17, 15) is 4.79 Å². The molecule has 1 N–H and O–H groups in total. The molecule has 1 aromatic carbocycles. The number of hydrogen-bond donors (Lipinski definition) is 1. The van der Waals surface area contributed by atoms with Crippen LogP contribution in [0.15, 0.2) is 18.2 Å². The molecule has 0 aliphatic heterocycles. The number of rotatable bonds is 4. The summed E-state index contributed by atoms with van der Waals surface area (Å²) < 4.78 is 0. The SMILES string of the molecule is Cc1nc2ccc(C(=O)NCCc3nc(C)c(C)s3)cc2nc1C. The Morgan fingerprint density at radius 1 is 1.00 bits per heavy atom. The van der Waals surface area contributed by atoms with E-state index in [0.29, 0.717) is 12.1 Å². The van der Waals surface area contributed by atoms with Gasteiger partial charge in [-0.1, -0.05) is 0 Å². The number of nitrogens with one attached hydrogen (secondary N) is 1. The summed E-state index contributed by atoms with van der Waals surface area (Å²) in [6.45, 7) is 8.50. The number of aryl methyl sites for hydroxylation is 4. The van der Waals surface area contributed by atoms with Crippen molar-refractivity contribution < 1.29 is 4.79 Å². The Labute approximate surface area is 145 Å². The molecule has 0 radical (unpaired) electrons. The number of carbonyl (C=O) groups is 1. The summed E-state index contributed by atoms with van der Waals surface area (Å²) in [5.74, 6) is -0.0954. The van der Waals surface area contributed by atoms with Crippen LogP contribution >= 0.6 is 11.3 Å². The minimum Gasteiger partial charge on any atom is -0.352 e. The van der Waals surface area contributed by atoms with Gasteiger partial charge in [0.1, 0.15) is 0 Å². The van der Waals surface area contributed by atoms with Gasteiger partial charge in [-0.25, -0.2) is 15.0 Å². The second-order valence-corrected chi connectivity index (χ2v) is 7.14. The van der Waals surface area contributed by atoms with Gasteiger partial charge < -0.3 is 5.32 Å². The first-order valence-corrected chi connectivity index (χ1v) is 8.72. The molecule has 0 bridgehead atoms. The van der Waals surface area contributed by atoms with Crippen molar-refractivity contribution in [2.45, 2.75) is 34.1 Å². The van der Waals surface area contributed by atoms with Gasteiger partial charge in [-0.2, -0.15) is 0 Å². The zero-order valence-electron chi connectivity index (χ0n) is 14.3. The lowest BCUT2D eigenvalue weighted by Crippen LogP contribution is -2.25. The molecular weight excluding hydrogens is 320 g/mol. The molecule has 0 unspecified atom stereocenters. The van der Waals surface area contributed by atoms with Gasteiger partial charge in [-0.15, -0.1) is 11.3 Å². The molecule has 0 saturated carbocycles. The summed E-state index contributed by atoms with van der Waals surface area (Å²) in [7, 11) is 0. The lowest BCUT2D eigenvalue weighted by molar-refractivity contribution is 0.0954. The van der Waals surface area contributed by atoms with Crippen molar-refractivity contribution in [3.63, 3.8) is 0 Å². The van der Waals surface area contributed by atoms with Crippen LogP contribution in [0.5, 0.6) is 0 Å². The van der Waals surface area contributed by atoms with Crippen LogP contribution in [0.1, 0.15) is 37.3 Å². The van der Waals surface area contributed by atoms with Crippen LogP contribution < -0.4 is 5.32 Å². The maximum Gasteiger partial charge on any atom is 0.251 e. The zero-order valence-corrected chi connectivity index (χ0v) is 15.1. The fraction of sp³-hybridized carbons (Fsp3) is 0.333. The highest BCUT2D eigenvalue weighted by Gasteiger charge is 2.09. The summed E-state index contributed by atoms with van der Waals surface area (Å²) in [4.78, 5) is 27.0. The molecule has 2 heterocycles. The standard InChI is InChI=1S/C18H20N4OS/c1-10-11(2)21-16-9-14(5-6-15(16)20-10)18(23)19-8-7-17-22-12(3)13(4)24-17/h5-6,9H,7-8H2,1-4H3,(H,19,23). The van der Waals surface area contributed by atoms with Crippen LogP contribution in [-0.4, -0.2) is 27.4 Å². The smallest absolute Gasteiger partial charge is 0.251 e. The Balaban J connectivity index is 1.68. The third-order valence-electron chi connectivity index (χ3n) is 4.03. The molecule has 0 aliphatic rings. The zero-order chi connectivity index (χ0) is 17.3. The van der Waals surface area contributed by atoms with Crippen molar-refractivity contribution in [1.29, 1.82) is 0 Å². The third-order valence-corrected chi connectivity index (χ3v) is 5.17. The van der Waals surface area contributed by atoms with Crippen molar-refractivity contribution in [3.05, 3.63) is 50.7 Å². The van der Waals surface area contributed by atoms with Crippen LogP contribution in [0.3, 0.4) is 0 Å². The van der Waals surface area contributed by atoms with Crippen LogP contribution in [-0.2, 0) is 6.42 Å². The van der Waals surface area contributed by atoms with E-state index in [1.807, 2.05) is 26.8 Å². The predicted octanol–water partition coefficient (Wildman–Crippen LogP) is 3.29. The fourth-order valence-corrected chi connectivity index (χ4v) is 3.34. The Morgan fingerprint density at radius 3 is 2.38 bits per heavy atom. The molecule has 1 amide bonds. The average molecular weight is 340 g/mol. The van der Waals surface area contributed by atoms with Gasteiger partial charge in [-0.05, 0) is 45.9 Å². The molecule has 24 heavy (non-hydrogen) atoms. The molecule has 2 aromatic heterocycles. The van der Waals surface area contributed by atoms with E-state index in [2.05, 4.69) is 27.2 Å². The van der Waals surface area contributed by atoms with Gasteiger partial charge in [0.05, 0.1) is 33.1 Å². The Bertz CT molecular complexity index is 897. The fourth-order valence-electron chi connectivity index (χ4n) is 2.40. The summed E-state index contributed by atoms with van der Waals surface area (Å²) in [5.41, 5.74) is 5.02. The van der Waals surface area contributed by atoms with E-state index in [0.717, 1.165) is 39.5 Å². The quantitative estimate of drug-likeness (QED) is 0.791. The second-order valence-electron chi connectivity index (χ2n) is 5.85. The molecule has 3 aromatic rings. The number of fused-ring (bicyclic) bond motifs is 1. The van der Waals surface area contributed by atoms with Crippen molar-refractivity contribution in [2.24, 2.45) is 0 Å². The largest absolute Gasteiger partial charge is 0.352 e. The first-order chi connectivity index (χ1) is 11.4. The Hall–Kier alpha value is -2.34. The Morgan fingerprint density at radius 2 is 1.71 bits per heavy atom. The average Bonchev–Trinajstić information content (AvgIpc) is 2.86. The third kappa shape index (κ3) is 3.43. The lowest BCUT2D eigenvalue weighted by Gasteiger charge is -2.06. The van der Waals surface area contributed by atoms with Gasteiger partial charge in [0.15, 0.2) is 0 Å². The number of aromatic nitrogens is 3. The topological polar surface area (TPSA) is 67.8 Å². The first kappa shape index (κ1) is 16.5. The molecule has 0 atom stereocenters. The minimum atomic E-state index is -0.0954. The molecule has 6 heteroatoms. The number of carbonyl (C=O) groups excluding carboxylic acids is 1. The monoisotopic (exact) mass is 340 g/mol. The lowest BCUT2D eigenvalue weighted by atomic mass is 10.1. The predicted molar refractivity (Wildman–Crippen MR) is 96.6 cm³/mol. The molecule has 5 nitrogen and oxygen atoms in total. The molecule has 0 saturated heterocycles. The van der Waals surface area contributed by atoms with Crippen LogP contribution in [0.2, 0.25) is 0 Å². The molecule has 3 rings (SSSR count). The molecule has 0 aliphatic carbocycles. The minimum absolute atomic E-state index is 0.0954. The Kier molecular flexibility index (Phi) is 4.57. The van der Waals surface area contributed by atoms with Gasteiger partial charge in [0.25, 0.3) is 5.91 Å². The molecule has 0 spiro atoms. The van der Waals surface area contributed by atoms with Crippen molar-refractivity contribution in [3.8, 4) is 0 Å². The number of thiazole rings is 1. The van der Waals surface area contributed by atoms with Crippen LogP contribution in [0, 0.1) is 27.7 Å². The van der Waals surface area contributed by atoms with Crippen LogP contribution in [0.4, 0.5) is 0 Å². The number of benzene rings is 1. The summed E-state index contributed by atoms with van der Waals surface area (Å²) >= 11 is 1.69. The summed E-state index contributed by atoms with van der Waals surface area (Å²) in [6, 6.07) is 5.43. The highest BCUT2D eigenvalue weighted by atomic mass is 32.1. The number of amides is 1. The number of hydrogen-bond acceptors (Lipinski definition) is 5. The van der Waals surface area contributed by atoms with E-state index in [4.69, 9.17) is 0 Å². The summed E-state index contributed by atoms with van der Waals surface area (Å²) in [6.07, 6.45) is 0.747. The van der Waals surface area contributed by atoms with Gasteiger partial charge in [0, 0.05) is 23.4 Å². The van der Waals surface area contributed by atoms with Gasteiger partial charge in [0.2, 0.25) is 0 Å². The van der Waals surface area contributed by atoms with Crippen LogP contribution in [0.25, 0.3) is 11.0 Å². The molecule has 0 fully saturated rings. The van der Waals surface area contributed by atoms with E-state index in [1.165, 1.54) is 4.88 Å². The molecule has 124 valence electrons. The van der Waals surface area contributed by atoms with E-state index >= 15 is 0 Å². The van der Waals surface area contributed by atoms with E-state index < -0.39 is 0 Å². The maximum atomic E-state index is 12.3. The highest BCUT2D eigenvalue weighted by Crippen LogP contribution is 2.17. The molecular formula is C18H20N4OS. The van der Waals surface area contributed by atoms with Crippen molar-refractivity contribution >= 4 is 28.3 Å². The number of nitrogens with zero attached hydrogens (tertiary/aromatic N) is 3.